The van der Waals surface area contributed by atoms with Crippen LogP contribution in [0.3, 0.4) is 0 Å². The number of carboxylic acids is 1. The van der Waals surface area contributed by atoms with Gasteiger partial charge in [-0.2, -0.15) is 0 Å². The molecule has 4 heteroatoms. The molecule has 0 amide bonds. The summed E-state index contributed by atoms with van der Waals surface area (Å²) < 4.78 is 0. The number of hydrogen-bond donors (Lipinski definition) is 2. The highest BCUT2D eigenvalue weighted by Crippen LogP contribution is 2.16. The maximum Gasteiger partial charge on any atom is 0.354 e. The topological polar surface area (TPSA) is 62.2 Å². The fraction of sp³-hybridized carbons (Fsp3) is 0.429. The maximum absolute atomic E-state index is 10.8. The molecule has 0 spiro atoms. The van der Waals surface area contributed by atoms with Gasteiger partial charge in [-0.15, -0.1) is 0 Å². The predicted molar refractivity (Wildman–Crippen MR) is 69.4 cm³/mol. The van der Waals surface area contributed by atoms with Crippen LogP contribution in [0.1, 0.15) is 35.4 Å². The third-order valence-electron chi connectivity index (χ3n) is 3.14. The number of pyridine rings is 1. The molecule has 2 N–H and O–H groups in total. The van der Waals surface area contributed by atoms with E-state index in [1.807, 2.05) is 6.07 Å². The van der Waals surface area contributed by atoms with Crippen LogP contribution in [0.4, 0.5) is 0 Å². The molecule has 0 saturated heterocycles. The lowest BCUT2D eigenvalue weighted by Crippen LogP contribution is -2.23. The first-order valence-electron chi connectivity index (χ1n) is 6.30. The SMILES string of the molecule is O=C(O)c1cccc(CNCC2CC=CCC2)n1. The van der Waals surface area contributed by atoms with Crippen LogP contribution in [0.25, 0.3) is 0 Å². The number of allylic oxidation sites excluding steroid dienone is 2. The summed E-state index contributed by atoms with van der Waals surface area (Å²) in [7, 11) is 0. The standard InChI is InChI=1S/C14H18N2O2/c17-14(18)13-8-4-7-12(16-13)10-15-9-11-5-2-1-3-6-11/h1-2,4,7-8,11,15H,3,5-6,9-10H2,(H,17,18). The molecule has 1 atom stereocenters. The first kappa shape index (κ1) is 12.8. The summed E-state index contributed by atoms with van der Waals surface area (Å²) in [6.07, 6.45) is 7.99. The summed E-state index contributed by atoms with van der Waals surface area (Å²) in [5.41, 5.74) is 0.885. The fourth-order valence-corrected chi connectivity index (χ4v) is 2.14. The molecule has 1 heterocycles. The van der Waals surface area contributed by atoms with Crippen LogP contribution < -0.4 is 5.32 Å². The second-order valence-corrected chi connectivity index (χ2v) is 4.60. The highest BCUT2D eigenvalue weighted by molar-refractivity contribution is 5.85. The molecule has 0 radical (unpaired) electrons. The lowest BCUT2D eigenvalue weighted by molar-refractivity contribution is 0.0690. The second-order valence-electron chi connectivity index (χ2n) is 4.60. The molecule has 0 aromatic carbocycles. The van der Waals surface area contributed by atoms with E-state index in [0.29, 0.717) is 12.5 Å². The Morgan fingerprint density at radius 1 is 1.44 bits per heavy atom. The molecule has 0 saturated carbocycles. The van der Waals surface area contributed by atoms with E-state index in [0.717, 1.165) is 18.7 Å². The Morgan fingerprint density at radius 3 is 3.06 bits per heavy atom. The predicted octanol–water partition coefficient (Wildman–Crippen LogP) is 2.23. The lowest BCUT2D eigenvalue weighted by atomic mass is 9.94. The number of nitrogens with zero attached hydrogens (tertiary/aromatic N) is 1. The Balaban J connectivity index is 1.81. The van der Waals surface area contributed by atoms with Crippen molar-refractivity contribution in [2.24, 2.45) is 5.92 Å². The Bertz CT molecular complexity index is 443. The number of hydrogen-bond acceptors (Lipinski definition) is 3. The highest BCUT2D eigenvalue weighted by atomic mass is 16.4. The van der Waals surface area contributed by atoms with Gasteiger partial charge >= 0.3 is 5.97 Å². The van der Waals surface area contributed by atoms with Gasteiger partial charge in [-0.25, -0.2) is 9.78 Å². The van der Waals surface area contributed by atoms with Gasteiger partial charge in [0.15, 0.2) is 0 Å². The van der Waals surface area contributed by atoms with E-state index >= 15 is 0 Å². The van der Waals surface area contributed by atoms with Gasteiger partial charge in [-0.1, -0.05) is 18.2 Å². The van der Waals surface area contributed by atoms with Gasteiger partial charge in [0, 0.05) is 6.54 Å². The Kier molecular flexibility index (Phi) is 4.47. The molecule has 18 heavy (non-hydrogen) atoms. The van der Waals surface area contributed by atoms with E-state index in [1.165, 1.54) is 18.9 Å². The van der Waals surface area contributed by atoms with Crippen molar-refractivity contribution in [2.45, 2.75) is 25.8 Å². The zero-order valence-corrected chi connectivity index (χ0v) is 10.3. The first-order valence-corrected chi connectivity index (χ1v) is 6.30. The Morgan fingerprint density at radius 2 is 2.33 bits per heavy atom. The summed E-state index contributed by atoms with van der Waals surface area (Å²) in [5.74, 6) is -0.285. The summed E-state index contributed by atoms with van der Waals surface area (Å²) in [6, 6.07) is 5.09. The van der Waals surface area contributed by atoms with E-state index in [1.54, 1.807) is 6.07 Å². The molecule has 1 unspecified atom stereocenters. The van der Waals surface area contributed by atoms with Crippen LogP contribution in [-0.4, -0.2) is 22.6 Å². The van der Waals surface area contributed by atoms with Crippen LogP contribution in [0.5, 0.6) is 0 Å². The molecule has 96 valence electrons. The van der Waals surface area contributed by atoms with Crippen LogP contribution in [-0.2, 0) is 6.54 Å². The molecule has 1 aromatic heterocycles. The van der Waals surface area contributed by atoms with E-state index in [9.17, 15) is 4.79 Å². The molecular weight excluding hydrogens is 228 g/mol. The van der Waals surface area contributed by atoms with Crippen LogP contribution in [0.15, 0.2) is 30.4 Å². The fourth-order valence-electron chi connectivity index (χ4n) is 2.14. The van der Waals surface area contributed by atoms with Crippen molar-refractivity contribution in [3.05, 3.63) is 41.7 Å². The third-order valence-corrected chi connectivity index (χ3v) is 3.14. The number of carbonyl (C=O) groups is 1. The van der Waals surface area contributed by atoms with E-state index in [2.05, 4.69) is 22.5 Å². The quantitative estimate of drug-likeness (QED) is 0.782. The summed E-state index contributed by atoms with van der Waals surface area (Å²) in [5, 5.41) is 12.2. The highest BCUT2D eigenvalue weighted by Gasteiger charge is 2.09. The summed E-state index contributed by atoms with van der Waals surface area (Å²) in [4.78, 5) is 14.9. The van der Waals surface area contributed by atoms with Crippen molar-refractivity contribution in [3.8, 4) is 0 Å². The van der Waals surface area contributed by atoms with Crippen molar-refractivity contribution in [3.63, 3.8) is 0 Å². The summed E-state index contributed by atoms with van der Waals surface area (Å²) >= 11 is 0. The number of aromatic nitrogens is 1. The molecule has 0 aliphatic heterocycles. The minimum absolute atomic E-state index is 0.106. The lowest BCUT2D eigenvalue weighted by Gasteiger charge is -2.17. The number of rotatable bonds is 5. The normalized spacial score (nSPS) is 18.8. The average molecular weight is 246 g/mol. The van der Waals surface area contributed by atoms with E-state index in [4.69, 9.17) is 5.11 Å². The molecule has 1 aliphatic rings. The number of nitrogens with one attached hydrogen (secondary N) is 1. The van der Waals surface area contributed by atoms with Crippen LogP contribution >= 0.6 is 0 Å². The molecule has 1 aliphatic carbocycles. The molecule has 0 bridgehead atoms. The Hall–Kier alpha value is -1.68. The van der Waals surface area contributed by atoms with Crippen molar-refractivity contribution in [1.82, 2.24) is 10.3 Å². The maximum atomic E-state index is 10.8. The van der Waals surface area contributed by atoms with Gasteiger partial charge in [0.1, 0.15) is 5.69 Å². The monoisotopic (exact) mass is 246 g/mol. The van der Waals surface area contributed by atoms with Crippen molar-refractivity contribution in [2.75, 3.05) is 6.54 Å². The average Bonchev–Trinajstić information content (AvgIpc) is 2.40. The van der Waals surface area contributed by atoms with Crippen molar-refractivity contribution < 1.29 is 9.90 Å². The van der Waals surface area contributed by atoms with Gasteiger partial charge in [-0.3, -0.25) is 0 Å². The van der Waals surface area contributed by atoms with E-state index < -0.39 is 5.97 Å². The molecular formula is C14H18N2O2. The smallest absolute Gasteiger partial charge is 0.354 e. The van der Waals surface area contributed by atoms with Gasteiger partial charge in [-0.05, 0) is 43.9 Å². The Labute approximate surface area is 107 Å². The second kappa shape index (κ2) is 6.31. The molecule has 1 aromatic rings. The molecule has 4 nitrogen and oxygen atoms in total. The van der Waals surface area contributed by atoms with Gasteiger partial charge in [0.25, 0.3) is 0 Å². The van der Waals surface area contributed by atoms with Gasteiger partial charge in [0.05, 0.1) is 5.69 Å². The minimum Gasteiger partial charge on any atom is -0.477 e. The van der Waals surface area contributed by atoms with Crippen molar-refractivity contribution in [1.29, 1.82) is 0 Å². The van der Waals surface area contributed by atoms with Gasteiger partial charge in [0.2, 0.25) is 0 Å². The summed E-state index contributed by atoms with van der Waals surface area (Å²) in [6.45, 7) is 1.59. The molecule has 2 rings (SSSR count). The van der Waals surface area contributed by atoms with Crippen molar-refractivity contribution >= 4 is 5.97 Å². The number of carboxylic acid groups (broad SMARTS) is 1. The number of aromatic carboxylic acids is 1. The zero-order valence-electron chi connectivity index (χ0n) is 10.3. The van der Waals surface area contributed by atoms with E-state index in [-0.39, 0.29) is 5.69 Å². The van der Waals surface area contributed by atoms with Crippen LogP contribution in [0.2, 0.25) is 0 Å². The largest absolute Gasteiger partial charge is 0.477 e. The first-order chi connectivity index (χ1) is 8.75. The van der Waals surface area contributed by atoms with Crippen LogP contribution in [0, 0.1) is 5.92 Å². The van der Waals surface area contributed by atoms with Gasteiger partial charge < -0.3 is 10.4 Å². The zero-order chi connectivity index (χ0) is 12.8. The molecule has 0 fully saturated rings. The third kappa shape index (κ3) is 3.67. The minimum atomic E-state index is -0.978.